The zero-order chi connectivity index (χ0) is 25.1. The summed E-state index contributed by atoms with van der Waals surface area (Å²) in [6.07, 6.45) is 0. The van der Waals surface area contributed by atoms with E-state index in [1.807, 2.05) is 24.3 Å². The highest BCUT2D eigenvalue weighted by atomic mass is 16.3. The van der Waals surface area contributed by atoms with Gasteiger partial charge in [-0.05, 0) is 58.1 Å². The van der Waals surface area contributed by atoms with E-state index in [0.29, 0.717) is 0 Å². The third kappa shape index (κ3) is 3.21. The minimum atomic E-state index is 0.873. The Morgan fingerprint density at radius 2 is 0.895 bits per heavy atom. The maximum absolute atomic E-state index is 6.55. The molecule has 8 rings (SSSR count). The maximum Gasteiger partial charge on any atom is 0.143 e. The fourth-order valence-corrected chi connectivity index (χ4v) is 5.71. The van der Waals surface area contributed by atoms with Crippen LogP contribution in [0, 0.1) is 0 Å². The van der Waals surface area contributed by atoms with Crippen LogP contribution in [0.25, 0.3) is 77.3 Å². The molecule has 2 nitrogen and oxygen atoms in total. The Bertz CT molecular complexity index is 2130. The van der Waals surface area contributed by atoms with Crippen molar-refractivity contribution in [3.63, 3.8) is 0 Å². The van der Waals surface area contributed by atoms with Crippen LogP contribution in [0.2, 0.25) is 0 Å². The Balaban J connectivity index is 1.31. The van der Waals surface area contributed by atoms with Gasteiger partial charge in [-0.15, -0.1) is 0 Å². The molecular formula is C36H22O2. The monoisotopic (exact) mass is 486 g/mol. The van der Waals surface area contributed by atoms with Gasteiger partial charge in [0.1, 0.15) is 22.3 Å². The van der Waals surface area contributed by atoms with Crippen molar-refractivity contribution in [2.24, 2.45) is 0 Å². The van der Waals surface area contributed by atoms with Gasteiger partial charge in [-0.25, -0.2) is 0 Å². The molecule has 0 aliphatic carbocycles. The lowest BCUT2D eigenvalue weighted by molar-refractivity contribution is 0.663. The Morgan fingerprint density at radius 1 is 0.342 bits per heavy atom. The first kappa shape index (κ1) is 21.0. The van der Waals surface area contributed by atoms with Crippen LogP contribution >= 0.6 is 0 Å². The molecule has 0 saturated carbocycles. The molecular weight excluding hydrogens is 464 g/mol. The van der Waals surface area contributed by atoms with E-state index in [2.05, 4.69) is 109 Å². The minimum Gasteiger partial charge on any atom is -0.456 e. The highest BCUT2D eigenvalue weighted by Gasteiger charge is 2.18. The molecule has 0 spiro atoms. The van der Waals surface area contributed by atoms with Gasteiger partial charge in [0, 0.05) is 27.1 Å². The molecule has 0 fully saturated rings. The smallest absolute Gasteiger partial charge is 0.143 e. The van der Waals surface area contributed by atoms with Gasteiger partial charge in [0.25, 0.3) is 0 Å². The van der Waals surface area contributed by atoms with Crippen LogP contribution in [0.15, 0.2) is 142 Å². The van der Waals surface area contributed by atoms with Crippen molar-refractivity contribution in [3.8, 4) is 33.4 Å². The average Bonchev–Trinajstić information content (AvgIpc) is 3.56. The highest BCUT2D eigenvalue weighted by Crippen LogP contribution is 2.42. The molecule has 0 radical (unpaired) electrons. The molecule has 0 atom stereocenters. The Morgan fingerprint density at radius 3 is 1.71 bits per heavy atom. The number of hydrogen-bond donors (Lipinski definition) is 0. The fourth-order valence-electron chi connectivity index (χ4n) is 5.71. The van der Waals surface area contributed by atoms with Gasteiger partial charge in [0.05, 0.1) is 0 Å². The van der Waals surface area contributed by atoms with Gasteiger partial charge >= 0.3 is 0 Å². The summed E-state index contributed by atoms with van der Waals surface area (Å²) in [5, 5.41) is 4.43. The van der Waals surface area contributed by atoms with Crippen molar-refractivity contribution in [1.29, 1.82) is 0 Å². The largest absolute Gasteiger partial charge is 0.456 e. The number of furan rings is 2. The normalized spacial score (nSPS) is 11.7. The lowest BCUT2D eigenvalue weighted by Crippen LogP contribution is -1.84. The van der Waals surface area contributed by atoms with Crippen LogP contribution in [0.3, 0.4) is 0 Å². The van der Waals surface area contributed by atoms with Crippen LogP contribution < -0.4 is 0 Å². The third-order valence-electron chi connectivity index (χ3n) is 7.48. The van der Waals surface area contributed by atoms with E-state index < -0.39 is 0 Å². The van der Waals surface area contributed by atoms with E-state index in [1.54, 1.807) is 0 Å². The quantitative estimate of drug-likeness (QED) is 0.248. The molecule has 2 heterocycles. The molecule has 2 heteroatoms. The Hall–Kier alpha value is -5.08. The number of rotatable bonds is 3. The van der Waals surface area contributed by atoms with E-state index in [4.69, 9.17) is 8.83 Å². The van der Waals surface area contributed by atoms with Gasteiger partial charge in [-0.2, -0.15) is 0 Å². The molecule has 0 bridgehead atoms. The van der Waals surface area contributed by atoms with E-state index >= 15 is 0 Å². The van der Waals surface area contributed by atoms with Crippen LogP contribution in [-0.2, 0) is 0 Å². The first-order chi connectivity index (χ1) is 18.8. The van der Waals surface area contributed by atoms with Crippen molar-refractivity contribution in [1.82, 2.24) is 0 Å². The lowest BCUT2D eigenvalue weighted by Gasteiger charge is -2.09. The van der Waals surface area contributed by atoms with Crippen LogP contribution in [0.4, 0.5) is 0 Å². The molecule has 0 amide bonds. The predicted octanol–water partition coefficient (Wildman–Crippen LogP) is 10.5. The van der Waals surface area contributed by atoms with Gasteiger partial charge in [0.15, 0.2) is 0 Å². The van der Waals surface area contributed by atoms with E-state index in [0.717, 1.165) is 55.0 Å². The summed E-state index contributed by atoms with van der Waals surface area (Å²) < 4.78 is 12.7. The Labute approximate surface area is 219 Å². The topological polar surface area (TPSA) is 26.3 Å². The number of para-hydroxylation sites is 2. The number of fused-ring (bicyclic) bond motifs is 7. The summed E-state index contributed by atoms with van der Waals surface area (Å²) in [7, 11) is 0. The van der Waals surface area contributed by atoms with Crippen molar-refractivity contribution in [2.45, 2.75) is 0 Å². The third-order valence-corrected chi connectivity index (χ3v) is 7.48. The van der Waals surface area contributed by atoms with Gasteiger partial charge in [-0.1, -0.05) is 103 Å². The summed E-state index contributed by atoms with van der Waals surface area (Å²) >= 11 is 0. The van der Waals surface area contributed by atoms with E-state index in [1.165, 1.54) is 22.3 Å². The zero-order valence-corrected chi connectivity index (χ0v) is 20.5. The van der Waals surface area contributed by atoms with Crippen LogP contribution in [0.1, 0.15) is 0 Å². The first-order valence-electron chi connectivity index (χ1n) is 12.9. The molecule has 0 N–H and O–H groups in total. The molecule has 6 aromatic carbocycles. The molecule has 0 unspecified atom stereocenters. The summed E-state index contributed by atoms with van der Waals surface area (Å²) in [5.41, 5.74) is 10.6. The van der Waals surface area contributed by atoms with Gasteiger partial charge < -0.3 is 8.83 Å². The average molecular weight is 487 g/mol. The highest BCUT2D eigenvalue weighted by molar-refractivity contribution is 6.26. The SMILES string of the molecule is c1ccc(-c2cccc(-c3cccc(-c4cccc5c4oc4ccc6oc7ccccc7c6c45)c3)c2)cc1. The van der Waals surface area contributed by atoms with Crippen molar-refractivity contribution in [2.75, 3.05) is 0 Å². The maximum atomic E-state index is 6.55. The minimum absolute atomic E-state index is 0.873. The number of benzene rings is 6. The van der Waals surface area contributed by atoms with Crippen molar-refractivity contribution in [3.05, 3.63) is 133 Å². The second-order valence-corrected chi connectivity index (χ2v) is 9.72. The molecule has 0 aliphatic rings. The second-order valence-electron chi connectivity index (χ2n) is 9.72. The van der Waals surface area contributed by atoms with E-state index in [9.17, 15) is 0 Å². The molecule has 8 aromatic rings. The second kappa shape index (κ2) is 8.22. The van der Waals surface area contributed by atoms with Gasteiger partial charge in [-0.3, -0.25) is 0 Å². The van der Waals surface area contributed by atoms with E-state index in [-0.39, 0.29) is 0 Å². The predicted molar refractivity (Wildman–Crippen MR) is 157 cm³/mol. The molecule has 38 heavy (non-hydrogen) atoms. The van der Waals surface area contributed by atoms with Gasteiger partial charge in [0.2, 0.25) is 0 Å². The summed E-state index contributed by atoms with van der Waals surface area (Å²) in [6, 6.07) is 46.6. The molecule has 0 saturated heterocycles. The lowest BCUT2D eigenvalue weighted by atomic mass is 9.95. The van der Waals surface area contributed by atoms with Crippen molar-refractivity contribution < 1.29 is 8.83 Å². The summed E-state index contributed by atoms with van der Waals surface area (Å²) in [4.78, 5) is 0. The van der Waals surface area contributed by atoms with Crippen molar-refractivity contribution >= 4 is 43.9 Å². The fraction of sp³-hybridized carbons (Fsp3) is 0. The number of hydrogen-bond acceptors (Lipinski definition) is 2. The van der Waals surface area contributed by atoms with Crippen LogP contribution in [-0.4, -0.2) is 0 Å². The Kier molecular flexibility index (Phi) is 4.55. The molecule has 0 aliphatic heterocycles. The van der Waals surface area contributed by atoms with Crippen LogP contribution in [0.5, 0.6) is 0 Å². The summed E-state index contributed by atoms with van der Waals surface area (Å²) in [6.45, 7) is 0. The first-order valence-corrected chi connectivity index (χ1v) is 12.9. The molecule has 178 valence electrons. The standard InChI is InChI=1S/C36H22O2/c1-2-9-23(10-3-1)24-11-6-12-25(21-24)26-13-7-14-27(22-26)28-16-8-17-30-35-33(38-36(28)30)20-19-32-34(35)29-15-4-5-18-31(29)37-32/h1-22H. The zero-order valence-electron chi connectivity index (χ0n) is 20.5. The summed E-state index contributed by atoms with van der Waals surface area (Å²) in [5.74, 6) is 0. The molecule has 2 aromatic heterocycles.